The summed E-state index contributed by atoms with van der Waals surface area (Å²) in [4.78, 5) is 34.2. The van der Waals surface area contributed by atoms with Gasteiger partial charge in [0.2, 0.25) is 0 Å². The van der Waals surface area contributed by atoms with Crippen molar-refractivity contribution in [2.45, 2.75) is 18.4 Å². The van der Waals surface area contributed by atoms with Gasteiger partial charge in [0.25, 0.3) is 5.91 Å². The van der Waals surface area contributed by atoms with Crippen molar-refractivity contribution in [3.05, 3.63) is 33.9 Å². The molecule has 2 rings (SSSR count). The van der Waals surface area contributed by atoms with E-state index in [1.54, 1.807) is 11.8 Å². The van der Waals surface area contributed by atoms with Gasteiger partial charge in [0, 0.05) is 17.7 Å². The number of benzene rings is 1. The van der Waals surface area contributed by atoms with Crippen molar-refractivity contribution in [2.75, 3.05) is 18.6 Å². The summed E-state index contributed by atoms with van der Waals surface area (Å²) < 4.78 is 4.92. The first-order valence-electron chi connectivity index (χ1n) is 6.86. The van der Waals surface area contributed by atoms with Gasteiger partial charge in [0.15, 0.2) is 5.75 Å². The summed E-state index contributed by atoms with van der Waals surface area (Å²) in [5.41, 5.74) is -1.44. The number of methoxy groups -OCH3 is 1. The van der Waals surface area contributed by atoms with E-state index in [-0.39, 0.29) is 17.0 Å². The maximum Gasteiger partial charge on any atom is 0.329 e. The van der Waals surface area contributed by atoms with Crippen molar-refractivity contribution in [1.29, 1.82) is 0 Å². The van der Waals surface area contributed by atoms with Crippen molar-refractivity contribution in [2.24, 2.45) is 0 Å². The molecule has 0 spiro atoms. The summed E-state index contributed by atoms with van der Waals surface area (Å²) in [6.07, 6.45) is 0.672. The van der Waals surface area contributed by atoms with Gasteiger partial charge in [-0.3, -0.25) is 14.9 Å². The SMILES string of the molecule is COc1cc(C(=O)NC2(C(=O)O)CCSCC2)ccc1[N+](=O)[O-]. The standard InChI is InChI=1S/C14H16N2O6S/c1-22-11-8-9(2-3-10(11)16(20)21)12(17)15-14(13(18)19)4-6-23-7-5-14/h2-3,8H,4-7H2,1H3,(H,15,17)(H,18,19). The van der Waals surface area contributed by atoms with Crippen LogP contribution in [-0.4, -0.2) is 46.1 Å². The van der Waals surface area contributed by atoms with Crippen molar-refractivity contribution in [3.63, 3.8) is 0 Å². The van der Waals surface area contributed by atoms with Gasteiger partial charge in [-0.1, -0.05) is 0 Å². The molecule has 0 saturated carbocycles. The Morgan fingerprint density at radius 3 is 2.57 bits per heavy atom. The van der Waals surface area contributed by atoms with Gasteiger partial charge in [0.05, 0.1) is 12.0 Å². The van der Waals surface area contributed by atoms with E-state index in [4.69, 9.17) is 4.74 Å². The first kappa shape index (κ1) is 17.1. The number of hydrogen-bond donors (Lipinski definition) is 2. The Morgan fingerprint density at radius 1 is 1.39 bits per heavy atom. The maximum atomic E-state index is 12.4. The lowest BCUT2D eigenvalue weighted by atomic mass is 9.92. The van der Waals surface area contributed by atoms with Crippen LogP contribution in [0.5, 0.6) is 5.75 Å². The third-order valence-corrected chi connectivity index (χ3v) is 4.73. The molecule has 1 heterocycles. The average molecular weight is 340 g/mol. The Balaban J connectivity index is 2.26. The Bertz CT molecular complexity index is 642. The topological polar surface area (TPSA) is 119 Å². The van der Waals surface area contributed by atoms with Gasteiger partial charge in [-0.05, 0) is 30.4 Å². The fourth-order valence-electron chi connectivity index (χ4n) is 2.37. The fourth-order valence-corrected chi connectivity index (χ4v) is 3.56. The molecule has 0 aromatic heterocycles. The molecule has 2 N–H and O–H groups in total. The van der Waals surface area contributed by atoms with Crippen LogP contribution in [0.15, 0.2) is 18.2 Å². The number of nitrogens with one attached hydrogen (secondary N) is 1. The van der Waals surface area contributed by atoms with E-state index in [9.17, 15) is 24.8 Å². The lowest BCUT2D eigenvalue weighted by molar-refractivity contribution is -0.385. The molecule has 1 aromatic carbocycles. The summed E-state index contributed by atoms with van der Waals surface area (Å²) in [6, 6.07) is 3.68. The number of amides is 1. The molecule has 0 radical (unpaired) electrons. The Kier molecular flexibility index (Phi) is 5.09. The monoisotopic (exact) mass is 340 g/mol. The zero-order valence-corrected chi connectivity index (χ0v) is 13.2. The van der Waals surface area contributed by atoms with Gasteiger partial charge in [0.1, 0.15) is 5.54 Å². The minimum atomic E-state index is -1.29. The van der Waals surface area contributed by atoms with Gasteiger partial charge in [-0.2, -0.15) is 11.8 Å². The van der Waals surface area contributed by atoms with E-state index in [1.807, 2.05) is 0 Å². The summed E-state index contributed by atoms with van der Waals surface area (Å²) >= 11 is 1.64. The molecule has 1 aromatic rings. The second-order valence-corrected chi connectivity index (χ2v) is 6.32. The van der Waals surface area contributed by atoms with Crippen molar-refractivity contribution < 1.29 is 24.4 Å². The third-order valence-electron chi connectivity index (χ3n) is 3.75. The quantitative estimate of drug-likeness (QED) is 0.618. The Morgan fingerprint density at radius 2 is 2.04 bits per heavy atom. The predicted octanol–water partition coefficient (Wildman–Crippen LogP) is 1.68. The van der Waals surface area contributed by atoms with Gasteiger partial charge in [-0.15, -0.1) is 0 Å². The smallest absolute Gasteiger partial charge is 0.329 e. The molecule has 0 unspecified atom stereocenters. The number of carbonyl (C=O) groups excluding carboxylic acids is 1. The number of carboxylic acids is 1. The second-order valence-electron chi connectivity index (χ2n) is 5.10. The number of aliphatic carboxylic acids is 1. The number of carboxylic acid groups (broad SMARTS) is 1. The van der Waals surface area contributed by atoms with Crippen molar-refractivity contribution in [3.8, 4) is 5.75 Å². The molecule has 23 heavy (non-hydrogen) atoms. The number of nitro benzene ring substituents is 1. The average Bonchev–Trinajstić information content (AvgIpc) is 2.54. The van der Waals surface area contributed by atoms with Crippen LogP contribution < -0.4 is 10.1 Å². The molecule has 0 atom stereocenters. The minimum absolute atomic E-state index is 0.0498. The molecule has 0 aliphatic carbocycles. The van der Waals surface area contributed by atoms with Crippen LogP contribution in [0.3, 0.4) is 0 Å². The number of thioether (sulfide) groups is 1. The zero-order valence-electron chi connectivity index (χ0n) is 12.4. The predicted molar refractivity (Wildman–Crippen MR) is 84.0 cm³/mol. The molecule has 1 aliphatic rings. The number of nitrogens with zero attached hydrogens (tertiary/aromatic N) is 1. The van der Waals surface area contributed by atoms with Crippen LogP contribution in [0.4, 0.5) is 5.69 Å². The number of ether oxygens (including phenoxy) is 1. The summed E-state index contributed by atoms with van der Waals surface area (Å²) in [6.45, 7) is 0. The molecule has 124 valence electrons. The number of rotatable bonds is 5. The zero-order chi connectivity index (χ0) is 17.0. The summed E-state index contributed by atoms with van der Waals surface area (Å²) in [7, 11) is 1.26. The minimum Gasteiger partial charge on any atom is -0.490 e. The largest absolute Gasteiger partial charge is 0.490 e. The van der Waals surface area contributed by atoms with Gasteiger partial charge >= 0.3 is 11.7 Å². The summed E-state index contributed by atoms with van der Waals surface area (Å²) in [5, 5.41) is 22.9. The van der Waals surface area contributed by atoms with Gasteiger partial charge < -0.3 is 15.2 Å². The van der Waals surface area contributed by atoms with E-state index < -0.39 is 22.3 Å². The van der Waals surface area contributed by atoms with E-state index in [0.717, 1.165) is 6.07 Å². The fraction of sp³-hybridized carbons (Fsp3) is 0.429. The molecule has 1 fully saturated rings. The van der Waals surface area contributed by atoms with Crippen LogP contribution in [0, 0.1) is 10.1 Å². The van der Waals surface area contributed by atoms with Crippen LogP contribution in [0.1, 0.15) is 23.2 Å². The van der Waals surface area contributed by atoms with E-state index >= 15 is 0 Å². The van der Waals surface area contributed by atoms with Crippen molar-refractivity contribution >= 4 is 29.3 Å². The second kappa shape index (κ2) is 6.86. The molecular weight excluding hydrogens is 324 g/mol. The first-order valence-corrected chi connectivity index (χ1v) is 8.01. The van der Waals surface area contributed by atoms with Crippen LogP contribution in [0.2, 0.25) is 0 Å². The molecule has 1 saturated heterocycles. The highest BCUT2D eigenvalue weighted by Gasteiger charge is 2.41. The first-order chi connectivity index (χ1) is 10.9. The van der Waals surface area contributed by atoms with E-state index in [1.165, 1.54) is 19.2 Å². The molecule has 1 aliphatic heterocycles. The highest BCUT2D eigenvalue weighted by atomic mass is 32.2. The van der Waals surface area contributed by atoms with E-state index in [0.29, 0.717) is 24.3 Å². The number of nitro groups is 1. The lowest BCUT2D eigenvalue weighted by Gasteiger charge is -2.33. The highest BCUT2D eigenvalue weighted by Crippen LogP contribution is 2.30. The lowest BCUT2D eigenvalue weighted by Crippen LogP contribution is -2.56. The highest BCUT2D eigenvalue weighted by molar-refractivity contribution is 7.99. The molecule has 0 bridgehead atoms. The summed E-state index contributed by atoms with van der Waals surface area (Å²) in [5.74, 6) is -0.412. The van der Waals surface area contributed by atoms with Crippen LogP contribution >= 0.6 is 11.8 Å². The maximum absolute atomic E-state index is 12.4. The molecule has 9 heteroatoms. The molecular formula is C14H16N2O6S. The number of carbonyl (C=O) groups is 2. The normalized spacial score (nSPS) is 16.4. The Labute approximate surface area is 136 Å². The van der Waals surface area contributed by atoms with E-state index in [2.05, 4.69) is 5.32 Å². The molecule has 1 amide bonds. The molecule has 8 nitrogen and oxygen atoms in total. The van der Waals surface area contributed by atoms with Crippen LogP contribution in [-0.2, 0) is 4.79 Å². The van der Waals surface area contributed by atoms with Crippen LogP contribution in [0.25, 0.3) is 0 Å². The van der Waals surface area contributed by atoms with Crippen molar-refractivity contribution in [1.82, 2.24) is 5.32 Å². The van der Waals surface area contributed by atoms with Gasteiger partial charge in [-0.25, -0.2) is 4.79 Å². The number of hydrogen-bond acceptors (Lipinski definition) is 6. The third kappa shape index (κ3) is 3.55. The Hall–Kier alpha value is -2.29.